The summed E-state index contributed by atoms with van der Waals surface area (Å²) in [6.07, 6.45) is 2.93. The summed E-state index contributed by atoms with van der Waals surface area (Å²) in [6, 6.07) is 18.1. The largest absolute Gasteiger partial charge is 0.483 e. The van der Waals surface area contributed by atoms with E-state index in [4.69, 9.17) is 4.74 Å². The fourth-order valence-electron chi connectivity index (χ4n) is 2.78. The number of nitrogens with zero attached hydrogens (tertiary/aromatic N) is 1. The van der Waals surface area contributed by atoms with Crippen LogP contribution in [0.1, 0.15) is 12.5 Å². The van der Waals surface area contributed by atoms with Crippen LogP contribution in [0.4, 0.5) is 0 Å². The molecule has 0 atom stereocenters. The third kappa shape index (κ3) is 3.77. The lowest BCUT2D eigenvalue weighted by Gasteiger charge is -2.11. The van der Waals surface area contributed by atoms with Crippen molar-refractivity contribution in [1.29, 1.82) is 0 Å². The molecule has 4 nitrogen and oxygen atoms in total. The van der Waals surface area contributed by atoms with Gasteiger partial charge in [-0.2, -0.15) is 0 Å². The lowest BCUT2D eigenvalue weighted by atomic mass is 10.1. The molecule has 0 unspecified atom stereocenters. The van der Waals surface area contributed by atoms with Gasteiger partial charge in [-0.15, -0.1) is 0 Å². The third-order valence-electron chi connectivity index (χ3n) is 4.07. The van der Waals surface area contributed by atoms with E-state index in [1.165, 1.54) is 10.9 Å². The van der Waals surface area contributed by atoms with Crippen molar-refractivity contribution in [2.24, 2.45) is 0 Å². The van der Waals surface area contributed by atoms with Crippen molar-refractivity contribution < 1.29 is 9.53 Å². The average molecular weight is 322 g/mol. The van der Waals surface area contributed by atoms with E-state index in [9.17, 15) is 4.79 Å². The zero-order valence-corrected chi connectivity index (χ0v) is 13.9. The number of ether oxygens (including phenoxy) is 1. The Labute approximate surface area is 142 Å². The molecule has 124 valence electrons. The number of carbonyl (C=O) groups excluding carboxylic acids is 1. The fourth-order valence-corrected chi connectivity index (χ4v) is 2.78. The number of aromatic nitrogens is 1. The monoisotopic (exact) mass is 322 g/mol. The molecule has 0 fully saturated rings. The van der Waals surface area contributed by atoms with Gasteiger partial charge in [0.2, 0.25) is 0 Å². The molecule has 1 heterocycles. The van der Waals surface area contributed by atoms with Crippen LogP contribution in [0.2, 0.25) is 0 Å². The second-order valence-electron chi connectivity index (χ2n) is 5.67. The first-order valence-electron chi connectivity index (χ1n) is 8.29. The third-order valence-corrected chi connectivity index (χ3v) is 4.07. The number of hydrogen-bond donors (Lipinski definition) is 1. The first-order chi connectivity index (χ1) is 11.8. The summed E-state index contributed by atoms with van der Waals surface area (Å²) in [5, 5.41) is 4.12. The van der Waals surface area contributed by atoms with Crippen LogP contribution in [0.15, 0.2) is 60.8 Å². The number of para-hydroxylation sites is 2. The van der Waals surface area contributed by atoms with Crippen molar-refractivity contribution in [3.05, 3.63) is 66.4 Å². The van der Waals surface area contributed by atoms with E-state index in [0.29, 0.717) is 6.54 Å². The Hall–Kier alpha value is -2.75. The maximum atomic E-state index is 12.0. The molecule has 0 radical (unpaired) electrons. The lowest BCUT2D eigenvalue weighted by Crippen LogP contribution is -2.31. The number of fused-ring (bicyclic) bond motifs is 1. The molecular weight excluding hydrogens is 300 g/mol. The van der Waals surface area contributed by atoms with Gasteiger partial charge in [0, 0.05) is 24.8 Å². The van der Waals surface area contributed by atoms with Gasteiger partial charge in [-0.05, 0) is 35.6 Å². The smallest absolute Gasteiger partial charge is 0.258 e. The van der Waals surface area contributed by atoms with Gasteiger partial charge in [-0.25, -0.2) is 0 Å². The van der Waals surface area contributed by atoms with E-state index in [-0.39, 0.29) is 12.5 Å². The maximum absolute atomic E-state index is 12.0. The molecule has 0 aliphatic heterocycles. The highest BCUT2D eigenvalue weighted by Crippen LogP contribution is 2.18. The molecule has 0 bridgehead atoms. The number of hydrogen-bond acceptors (Lipinski definition) is 2. The van der Waals surface area contributed by atoms with E-state index in [1.807, 2.05) is 42.6 Å². The highest BCUT2D eigenvalue weighted by molar-refractivity contribution is 5.80. The molecule has 0 saturated carbocycles. The Kier molecular flexibility index (Phi) is 5.16. The Morgan fingerprint density at radius 2 is 1.88 bits per heavy atom. The van der Waals surface area contributed by atoms with Crippen LogP contribution in [-0.2, 0) is 17.8 Å². The minimum absolute atomic E-state index is 0.0451. The van der Waals surface area contributed by atoms with Gasteiger partial charge in [0.15, 0.2) is 6.61 Å². The zero-order chi connectivity index (χ0) is 16.8. The summed E-state index contributed by atoms with van der Waals surface area (Å²) < 4.78 is 7.77. The first kappa shape index (κ1) is 16.1. The van der Waals surface area contributed by atoms with Crippen molar-refractivity contribution in [1.82, 2.24) is 9.88 Å². The number of nitrogens with one attached hydrogen (secondary N) is 1. The standard InChI is InChI=1S/C20H22N2O2/c1-2-16-7-4-6-10-19(16)24-15-20(23)21-12-14-22-13-11-17-8-3-5-9-18(17)22/h3-11,13H,2,12,14-15H2,1H3,(H,21,23). The van der Waals surface area contributed by atoms with Crippen molar-refractivity contribution in [2.75, 3.05) is 13.2 Å². The van der Waals surface area contributed by atoms with Crippen molar-refractivity contribution in [2.45, 2.75) is 19.9 Å². The number of aryl methyl sites for hydroxylation is 1. The van der Waals surface area contributed by atoms with Gasteiger partial charge in [0.1, 0.15) is 5.75 Å². The maximum Gasteiger partial charge on any atom is 0.258 e. The van der Waals surface area contributed by atoms with Crippen LogP contribution < -0.4 is 10.1 Å². The number of amides is 1. The van der Waals surface area contributed by atoms with Crippen LogP contribution in [-0.4, -0.2) is 23.6 Å². The summed E-state index contributed by atoms with van der Waals surface area (Å²) in [5.74, 6) is 0.684. The molecule has 4 heteroatoms. The summed E-state index contributed by atoms with van der Waals surface area (Å²) in [6.45, 7) is 3.44. The molecule has 2 aromatic carbocycles. The van der Waals surface area contributed by atoms with E-state index < -0.39 is 0 Å². The Bertz CT molecular complexity index is 823. The van der Waals surface area contributed by atoms with E-state index in [2.05, 4.69) is 35.0 Å². The van der Waals surface area contributed by atoms with Crippen LogP contribution in [0.5, 0.6) is 5.75 Å². The summed E-state index contributed by atoms with van der Waals surface area (Å²) in [5.41, 5.74) is 2.30. The van der Waals surface area contributed by atoms with E-state index in [1.54, 1.807) is 0 Å². The first-order valence-corrected chi connectivity index (χ1v) is 8.29. The molecule has 3 aromatic rings. The fraction of sp³-hybridized carbons (Fsp3) is 0.250. The topological polar surface area (TPSA) is 43.3 Å². The second-order valence-corrected chi connectivity index (χ2v) is 5.67. The van der Waals surface area contributed by atoms with Crippen LogP contribution >= 0.6 is 0 Å². The highest BCUT2D eigenvalue weighted by Gasteiger charge is 2.06. The van der Waals surface area contributed by atoms with Crippen molar-refractivity contribution >= 4 is 16.8 Å². The Balaban J connectivity index is 1.47. The Morgan fingerprint density at radius 1 is 1.08 bits per heavy atom. The normalized spacial score (nSPS) is 10.7. The molecule has 1 aromatic heterocycles. The Morgan fingerprint density at radius 3 is 2.75 bits per heavy atom. The molecule has 1 N–H and O–H groups in total. The van der Waals surface area contributed by atoms with Gasteiger partial charge in [0.05, 0.1) is 0 Å². The predicted molar refractivity (Wildman–Crippen MR) is 96.3 cm³/mol. The van der Waals surface area contributed by atoms with Crippen molar-refractivity contribution in [3.63, 3.8) is 0 Å². The van der Waals surface area contributed by atoms with Gasteiger partial charge in [-0.1, -0.05) is 43.3 Å². The SMILES string of the molecule is CCc1ccccc1OCC(=O)NCCn1ccc2ccccc21. The van der Waals surface area contributed by atoms with E-state index in [0.717, 1.165) is 24.3 Å². The van der Waals surface area contributed by atoms with Crippen LogP contribution in [0.25, 0.3) is 10.9 Å². The quantitative estimate of drug-likeness (QED) is 0.724. The molecule has 1 amide bonds. The van der Waals surface area contributed by atoms with Gasteiger partial charge >= 0.3 is 0 Å². The minimum atomic E-state index is -0.0997. The van der Waals surface area contributed by atoms with Gasteiger partial charge in [-0.3, -0.25) is 4.79 Å². The van der Waals surface area contributed by atoms with Crippen LogP contribution in [0, 0.1) is 0 Å². The number of benzene rings is 2. The molecule has 0 aliphatic rings. The number of carbonyl (C=O) groups is 1. The molecule has 0 saturated heterocycles. The van der Waals surface area contributed by atoms with Crippen LogP contribution in [0.3, 0.4) is 0 Å². The van der Waals surface area contributed by atoms with Gasteiger partial charge in [0.25, 0.3) is 5.91 Å². The number of rotatable bonds is 7. The average Bonchev–Trinajstić information content (AvgIpc) is 3.03. The second kappa shape index (κ2) is 7.68. The van der Waals surface area contributed by atoms with E-state index >= 15 is 0 Å². The zero-order valence-electron chi connectivity index (χ0n) is 13.9. The molecule has 24 heavy (non-hydrogen) atoms. The summed E-state index contributed by atoms with van der Waals surface area (Å²) in [4.78, 5) is 12.0. The highest BCUT2D eigenvalue weighted by atomic mass is 16.5. The molecule has 0 aliphatic carbocycles. The molecule has 3 rings (SSSR count). The van der Waals surface area contributed by atoms with Gasteiger partial charge < -0.3 is 14.6 Å². The summed E-state index contributed by atoms with van der Waals surface area (Å²) in [7, 11) is 0. The van der Waals surface area contributed by atoms with Crippen molar-refractivity contribution in [3.8, 4) is 5.75 Å². The minimum Gasteiger partial charge on any atom is -0.483 e. The molecule has 0 spiro atoms. The molecular formula is C20H22N2O2. The summed E-state index contributed by atoms with van der Waals surface area (Å²) >= 11 is 0. The predicted octanol–water partition coefficient (Wildman–Crippen LogP) is 3.40. The lowest BCUT2D eigenvalue weighted by molar-refractivity contribution is -0.123.